The normalized spacial score (nSPS) is 14.5. The molecular weight excluding hydrogens is 328 g/mol. The third-order valence-electron chi connectivity index (χ3n) is 4.59. The number of anilines is 1. The van der Waals surface area contributed by atoms with E-state index in [1.54, 1.807) is 6.20 Å². The first-order valence-corrected chi connectivity index (χ1v) is 8.72. The summed E-state index contributed by atoms with van der Waals surface area (Å²) in [5, 5.41) is 10.6. The van der Waals surface area contributed by atoms with Gasteiger partial charge in [0.25, 0.3) is 5.91 Å². The largest absolute Gasteiger partial charge is 0.484 e. The van der Waals surface area contributed by atoms with Crippen molar-refractivity contribution in [2.75, 3.05) is 37.7 Å². The molecule has 0 unspecified atom stereocenters. The monoisotopic (exact) mass is 348 g/mol. The number of carbonyl (C=O) groups is 1. The number of aromatic nitrogens is 2. The quantitative estimate of drug-likeness (QED) is 0.724. The van der Waals surface area contributed by atoms with Crippen LogP contribution in [0.4, 0.5) is 5.82 Å². The molecule has 1 fully saturated rings. The molecule has 0 N–H and O–H groups in total. The zero-order valence-electron chi connectivity index (χ0n) is 14.4. The van der Waals surface area contributed by atoms with Gasteiger partial charge in [-0.3, -0.25) is 4.79 Å². The van der Waals surface area contributed by atoms with E-state index >= 15 is 0 Å². The summed E-state index contributed by atoms with van der Waals surface area (Å²) in [4.78, 5) is 16.4. The van der Waals surface area contributed by atoms with E-state index in [9.17, 15) is 4.79 Å². The van der Waals surface area contributed by atoms with Crippen LogP contribution in [0.1, 0.15) is 0 Å². The van der Waals surface area contributed by atoms with E-state index in [2.05, 4.69) is 21.2 Å². The smallest absolute Gasteiger partial charge is 0.260 e. The highest BCUT2D eigenvalue weighted by molar-refractivity contribution is 5.91. The molecule has 26 heavy (non-hydrogen) atoms. The highest BCUT2D eigenvalue weighted by Gasteiger charge is 2.23. The Kier molecular flexibility index (Phi) is 4.64. The molecule has 4 rings (SSSR count). The van der Waals surface area contributed by atoms with Crippen molar-refractivity contribution in [3.63, 3.8) is 0 Å². The molecule has 3 aromatic rings. The molecule has 0 radical (unpaired) electrons. The number of para-hydroxylation sites is 1. The Morgan fingerprint density at radius 3 is 2.50 bits per heavy atom. The van der Waals surface area contributed by atoms with Gasteiger partial charge in [0.2, 0.25) is 0 Å². The van der Waals surface area contributed by atoms with Gasteiger partial charge in [-0.15, -0.1) is 5.10 Å². The minimum absolute atomic E-state index is 0.0116. The molecule has 1 aromatic heterocycles. The van der Waals surface area contributed by atoms with Gasteiger partial charge in [-0.1, -0.05) is 42.5 Å². The Hall–Kier alpha value is -3.15. The van der Waals surface area contributed by atoms with Gasteiger partial charge in [-0.2, -0.15) is 5.10 Å². The molecule has 132 valence electrons. The minimum Gasteiger partial charge on any atom is -0.484 e. The third kappa shape index (κ3) is 3.44. The van der Waals surface area contributed by atoms with Gasteiger partial charge < -0.3 is 14.5 Å². The first-order chi connectivity index (χ1) is 12.8. The summed E-state index contributed by atoms with van der Waals surface area (Å²) >= 11 is 0. The second-order valence-corrected chi connectivity index (χ2v) is 6.22. The van der Waals surface area contributed by atoms with Crippen LogP contribution < -0.4 is 9.64 Å². The number of rotatable bonds is 4. The molecular formula is C20H20N4O2. The Labute approximate surface area is 152 Å². The predicted molar refractivity (Wildman–Crippen MR) is 100 cm³/mol. The zero-order chi connectivity index (χ0) is 17.8. The average molecular weight is 348 g/mol. The van der Waals surface area contributed by atoms with Crippen LogP contribution in [0.15, 0.2) is 60.8 Å². The Morgan fingerprint density at radius 1 is 0.962 bits per heavy atom. The van der Waals surface area contributed by atoms with Gasteiger partial charge in [0, 0.05) is 37.0 Å². The maximum atomic E-state index is 12.4. The van der Waals surface area contributed by atoms with Crippen LogP contribution in [0.2, 0.25) is 0 Å². The molecule has 1 aliphatic rings. The first kappa shape index (κ1) is 16.3. The summed E-state index contributed by atoms with van der Waals surface area (Å²) in [6.07, 6.45) is 1.78. The van der Waals surface area contributed by atoms with Crippen LogP contribution >= 0.6 is 0 Å². The molecule has 1 aliphatic heterocycles. The topological polar surface area (TPSA) is 58.6 Å². The van der Waals surface area contributed by atoms with Crippen LogP contribution in [0.5, 0.6) is 5.75 Å². The molecule has 0 bridgehead atoms. The number of hydrogen-bond donors (Lipinski definition) is 0. The minimum atomic E-state index is 0.0116. The van der Waals surface area contributed by atoms with E-state index in [4.69, 9.17) is 4.74 Å². The Balaban J connectivity index is 1.37. The maximum absolute atomic E-state index is 12.4. The van der Waals surface area contributed by atoms with Crippen molar-refractivity contribution in [3.8, 4) is 5.75 Å². The van der Waals surface area contributed by atoms with Gasteiger partial charge in [0.05, 0.1) is 6.20 Å². The van der Waals surface area contributed by atoms with Crippen LogP contribution in [0.3, 0.4) is 0 Å². The van der Waals surface area contributed by atoms with E-state index in [0.29, 0.717) is 18.8 Å². The van der Waals surface area contributed by atoms with Crippen molar-refractivity contribution in [3.05, 3.63) is 60.8 Å². The van der Waals surface area contributed by atoms with Crippen molar-refractivity contribution in [2.24, 2.45) is 0 Å². The fourth-order valence-electron chi connectivity index (χ4n) is 3.17. The lowest BCUT2D eigenvalue weighted by atomic mass is 10.1. The van der Waals surface area contributed by atoms with Crippen molar-refractivity contribution < 1.29 is 9.53 Å². The van der Waals surface area contributed by atoms with Crippen LogP contribution in [-0.4, -0.2) is 53.8 Å². The van der Waals surface area contributed by atoms with E-state index in [1.807, 2.05) is 53.4 Å². The summed E-state index contributed by atoms with van der Waals surface area (Å²) in [5.74, 6) is 1.61. The van der Waals surface area contributed by atoms with Crippen molar-refractivity contribution in [1.29, 1.82) is 0 Å². The number of piperazine rings is 1. The lowest BCUT2D eigenvalue weighted by Gasteiger charge is -2.35. The molecule has 1 amide bonds. The van der Waals surface area contributed by atoms with Gasteiger partial charge in [-0.25, -0.2) is 0 Å². The fraction of sp³-hybridized carbons (Fsp3) is 0.250. The predicted octanol–water partition coefficient (Wildman–Crippen LogP) is 2.36. The fourth-order valence-corrected chi connectivity index (χ4v) is 3.17. The molecule has 0 saturated carbocycles. The summed E-state index contributed by atoms with van der Waals surface area (Å²) in [6, 6.07) is 17.5. The van der Waals surface area contributed by atoms with Crippen LogP contribution in [0, 0.1) is 0 Å². The number of amides is 1. The summed E-state index contributed by atoms with van der Waals surface area (Å²) in [5.41, 5.74) is 0. The summed E-state index contributed by atoms with van der Waals surface area (Å²) in [6.45, 7) is 2.85. The Morgan fingerprint density at radius 2 is 1.69 bits per heavy atom. The molecule has 0 aliphatic carbocycles. The molecule has 1 saturated heterocycles. The molecule has 0 atom stereocenters. The number of fused-ring (bicyclic) bond motifs is 1. The maximum Gasteiger partial charge on any atom is 0.260 e. The summed E-state index contributed by atoms with van der Waals surface area (Å²) < 4.78 is 5.56. The lowest BCUT2D eigenvalue weighted by molar-refractivity contribution is -0.133. The SMILES string of the molecule is O=C(COc1ccccc1)N1CCN(c2nncc3ccccc23)CC1. The molecule has 6 heteroatoms. The van der Waals surface area contributed by atoms with Crippen LogP contribution in [-0.2, 0) is 4.79 Å². The number of hydrogen-bond acceptors (Lipinski definition) is 5. The molecule has 0 spiro atoms. The standard InChI is InChI=1S/C20H20N4O2/c25-19(15-26-17-7-2-1-3-8-17)23-10-12-24(13-11-23)20-18-9-5-4-6-16(18)14-21-22-20/h1-9,14H,10-13,15H2. The second kappa shape index (κ2) is 7.39. The number of carbonyl (C=O) groups excluding carboxylic acids is 1. The average Bonchev–Trinajstić information content (AvgIpc) is 2.72. The van der Waals surface area contributed by atoms with Gasteiger partial charge in [-0.05, 0) is 12.1 Å². The van der Waals surface area contributed by atoms with E-state index in [-0.39, 0.29) is 12.5 Å². The number of benzene rings is 2. The Bertz CT molecular complexity index is 887. The molecule has 2 heterocycles. The number of ether oxygens (including phenoxy) is 1. The third-order valence-corrected chi connectivity index (χ3v) is 4.59. The van der Waals surface area contributed by atoms with Crippen LogP contribution in [0.25, 0.3) is 10.8 Å². The zero-order valence-corrected chi connectivity index (χ0v) is 14.4. The molecule has 6 nitrogen and oxygen atoms in total. The number of nitrogens with zero attached hydrogens (tertiary/aromatic N) is 4. The van der Waals surface area contributed by atoms with Gasteiger partial charge in [0.1, 0.15) is 5.75 Å². The van der Waals surface area contributed by atoms with E-state index in [0.717, 1.165) is 29.7 Å². The highest BCUT2D eigenvalue weighted by atomic mass is 16.5. The van der Waals surface area contributed by atoms with Gasteiger partial charge in [0.15, 0.2) is 12.4 Å². The second-order valence-electron chi connectivity index (χ2n) is 6.22. The summed E-state index contributed by atoms with van der Waals surface area (Å²) in [7, 11) is 0. The highest BCUT2D eigenvalue weighted by Crippen LogP contribution is 2.24. The van der Waals surface area contributed by atoms with E-state index < -0.39 is 0 Å². The van der Waals surface area contributed by atoms with Gasteiger partial charge >= 0.3 is 0 Å². The van der Waals surface area contributed by atoms with E-state index in [1.165, 1.54) is 0 Å². The van der Waals surface area contributed by atoms with Crippen molar-refractivity contribution >= 4 is 22.5 Å². The first-order valence-electron chi connectivity index (χ1n) is 8.72. The van der Waals surface area contributed by atoms with Crippen molar-refractivity contribution in [2.45, 2.75) is 0 Å². The lowest BCUT2D eigenvalue weighted by Crippen LogP contribution is -2.50. The van der Waals surface area contributed by atoms with Crippen molar-refractivity contribution in [1.82, 2.24) is 15.1 Å². The molecule has 2 aromatic carbocycles.